The normalized spacial score (nSPS) is 15.9. The molecule has 31 nitrogen and oxygen atoms in total. The number of rotatable bonds is 36. The Morgan fingerprint density at radius 1 is 0.408 bits per heavy atom. The van der Waals surface area contributed by atoms with Crippen LogP contribution in [0.15, 0.2) is 0 Å². The summed E-state index contributed by atoms with van der Waals surface area (Å²) in [6.07, 6.45) is -2.50. The smallest absolute Gasteiger partial charge is 0.332 e. The summed E-state index contributed by atoms with van der Waals surface area (Å²) in [7, 11) is 3.23. The second-order valence-corrected chi connectivity index (χ2v) is 20.0. The van der Waals surface area contributed by atoms with Crippen molar-refractivity contribution in [1.29, 1.82) is 0 Å². The van der Waals surface area contributed by atoms with Crippen LogP contribution in [0.25, 0.3) is 0 Å². The van der Waals surface area contributed by atoms with Crippen LogP contribution in [0, 0.1) is 0 Å². The van der Waals surface area contributed by atoms with Gasteiger partial charge < -0.3 is 97.1 Å². The lowest BCUT2D eigenvalue weighted by atomic mass is 9.93. The fourth-order valence-electron chi connectivity index (χ4n) is 4.14. The quantitative estimate of drug-likeness (QED) is 0.0120. The number of hydrogen-bond donors (Lipinski definition) is 19. The average molecular weight is 1120 g/mol. The summed E-state index contributed by atoms with van der Waals surface area (Å²) in [5.41, 5.74) is 36.2. The molecule has 0 aromatic heterocycles. The van der Waals surface area contributed by atoms with Crippen LogP contribution in [0.1, 0.15) is 51.4 Å². The topological polar surface area (TPSA) is 624 Å². The second-order valence-electron chi connectivity index (χ2n) is 14.7. The van der Waals surface area contributed by atoms with Crippen molar-refractivity contribution in [1.82, 2.24) is 5.32 Å². The molecule has 26 N–H and O–H groups in total. The molecule has 0 heterocycles. The van der Waals surface area contributed by atoms with Gasteiger partial charge in [0.25, 0.3) is 0 Å². The first-order valence-electron chi connectivity index (χ1n) is 19.7. The van der Waals surface area contributed by atoms with E-state index in [0.717, 1.165) is 21.6 Å². The lowest BCUT2D eigenvalue weighted by molar-refractivity contribution is -0.149. The van der Waals surface area contributed by atoms with E-state index in [2.05, 4.69) is 17.9 Å². The highest BCUT2D eigenvalue weighted by atomic mass is 33.1. The van der Waals surface area contributed by atoms with Gasteiger partial charge in [0.15, 0.2) is 34.0 Å². The molecule has 0 aliphatic heterocycles. The van der Waals surface area contributed by atoms with Crippen LogP contribution in [0.3, 0.4) is 0 Å². The molecule has 0 fully saturated rings. The number of carbonyl (C=O) groups is 13. The van der Waals surface area contributed by atoms with Crippen molar-refractivity contribution in [3.63, 3.8) is 0 Å². The van der Waals surface area contributed by atoms with E-state index in [1.54, 1.807) is 0 Å². The monoisotopic (exact) mass is 1120 g/mol. The van der Waals surface area contributed by atoms with Gasteiger partial charge in [0.2, 0.25) is 5.91 Å². The van der Waals surface area contributed by atoms with Crippen molar-refractivity contribution >= 4 is 133 Å². The number of thiol groups is 1. The number of Topliss-reactive ketones (excluding diaryl/α,β-unsaturated/α-hetero) is 3. The first-order valence-corrected chi connectivity index (χ1v) is 25.3. The number of amides is 1. The van der Waals surface area contributed by atoms with E-state index in [1.165, 1.54) is 0 Å². The minimum Gasteiger partial charge on any atom is -0.480 e. The third kappa shape index (κ3) is 27.0. The van der Waals surface area contributed by atoms with Crippen molar-refractivity contribution in [3.8, 4) is 0 Å². The van der Waals surface area contributed by atoms with Crippen molar-refractivity contribution in [2.75, 3.05) is 28.8 Å². The Bertz CT molecular complexity index is 1860. The van der Waals surface area contributed by atoms with E-state index in [0.29, 0.717) is 21.6 Å². The zero-order valence-corrected chi connectivity index (χ0v) is 41.3. The molecule has 0 spiro atoms. The summed E-state index contributed by atoms with van der Waals surface area (Å²) < 4.78 is 0. The van der Waals surface area contributed by atoms with E-state index < -0.39 is 161 Å². The first kappa shape index (κ1) is 70.4. The standard InChI is InChI=1S/C16H26N4O10S2.C11H19N3O7S2.C8H14N2O5S/c17-7(11(23)24)1-3-9(21)15(19,13(27)28)5-31-32-6-16(20,14(29)30)10(22)4-2-8(18)12(25)26;12-5(8(16)17)1-2-7(15)11(14,10(20)21)4-23-22-3-6(13)9(18)19;9-4(7(12)13)1-2-6(11)10-5(3-16)8(14)15/h7-8H,1-6,17-20H2,(H,23,24)(H,25,26)(H,27,28)(H,29,30);5-6H,1-4,12-14H2,(H,16,17)(H,18,19)(H,20,21);4-5,16H,1-3,9H2,(H,10,11)(H,12,13)(H,14,15). The highest BCUT2D eigenvalue weighted by molar-refractivity contribution is 8.77. The first-order chi connectivity index (χ1) is 32.5. The Balaban J connectivity index is -0.00000104. The Kier molecular flexibility index (Phi) is 34.2. The number of carboxylic acid groups (broad SMARTS) is 9. The van der Waals surface area contributed by atoms with Crippen molar-refractivity contribution < 1.29 is 108 Å². The van der Waals surface area contributed by atoms with E-state index in [-0.39, 0.29) is 49.4 Å². The lowest BCUT2D eigenvalue weighted by Crippen LogP contribution is -2.58. The Morgan fingerprint density at radius 2 is 0.662 bits per heavy atom. The third-order valence-corrected chi connectivity index (χ3v) is 14.4. The van der Waals surface area contributed by atoms with E-state index in [4.69, 9.17) is 81.6 Å². The Morgan fingerprint density at radius 3 is 0.887 bits per heavy atom. The molecule has 0 aromatic rings. The number of carboxylic acids is 9. The number of ketones is 3. The number of nitrogens with one attached hydrogen (secondary N) is 1. The number of nitrogens with two attached hydrogens (primary N) is 8. The third-order valence-electron chi connectivity index (χ3n) is 9.04. The van der Waals surface area contributed by atoms with Gasteiger partial charge in [-0.1, -0.05) is 43.2 Å². The zero-order chi connectivity index (χ0) is 56.2. The predicted octanol–water partition coefficient (Wildman–Crippen LogP) is -5.54. The van der Waals surface area contributed by atoms with E-state index in [1.807, 2.05) is 0 Å². The molecule has 0 aliphatic carbocycles. The molecule has 0 aromatic carbocycles. The molecule has 1 amide bonds. The van der Waals surface area contributed by atoms with E-state index in [9.17, 15) is 72.5 Å². The summed E-state index contributed by atoms with van der Waals surface area (Å²) in [6, 6.07) is -7.36. The maximum absolute atomic E-state index is 12.2. The van der Waals surface area contributed by atoms with Gasteiger partial charge in [-0.15, -0.1) is 0 Å². The van der Waals surface area contributed by atoms with Gasteiger partial charge in [-0.2, -0.15) is 12.6 Å². The fourth-order valence-corrected chi connectivity index (χ4v) is 9.59. The minimum atomic E-state index is -2.41. The van der Waals surface area contributed by atoms with Gasteiger partial charge in [-0.25, -0.2) is 19.2 Å². The Labute approximate surface area is 423 Å². The molecule has 0 saturated heterocycles. The molecule has 0 rings (SSSR count). The molecule has 0 radical (unpaired) electrons. The zero-order valence-electron chi connectivity index (χ0n) is 37.2. The van der Waals surface area contributed by atoms with Gasteiger partial charge >= 0.3 is 53.7 Å². The molecule has 36 heteroatoms. The highest BCUT2D eigenvalue weighted by Crippen LogP contribution is 2.30. The number of carbonyl (C=O) groups excluding carboxylic acids is 4. The average Bonchev–Trinajstić information content (AvgIpc) is 3.28. The van der Waals surface area contributed by atoms with Crippen LogP contribution < -0.4 is 51.2 Å². The number of hydrogen-bond acceptors (Lipinski definition) is 26. The molecule has 9 unspecified atom stereocenters. The van der Waals surface area contributed by atoms with Crippen molar-refractivity contribution in [3.05, 3.63) is 0 Å². The molecular weight excluding hydrogens is 1060 g/mol. The SMILES string of the molecule is NC(CCC(=O)C(N)(CSSCC(N)(C(=O)O)C(=O)CCC(N)C(=O)O)C(=O)O)C(=O)O.NC(CCC(=O)C(N)(CSSCC(N)C(=O)O)C(=O)O)C(=O)O.NC(CCC(=O)NC(CS)C(=O)O)C(=O)O. The van der Waals surface area contributed by atoms with Gasteiger partial charge in [-0.05, 0) is 25.7 Å². The molecule has 71 heavy (non-hydrogen) atoms. The Hall–Kier alpha value is -4.86. The number of aliphatic carboxylic acids is 9. The van der Waals surface area contributed by atoms with Gasteiger partial charge in [0, 0.05) is 54.4 Å². The van der Waals surface area contributed by atoms with Crippen molar-refractivity contribution in [2.24, 2.45) is 45.9 Å². The van der Waals surface area contributed by atoms with Crippen LogP contribution in [0.4, 0.5) is 0 Å². The van der Waals surface area contributed by atoms with Crippen LogP contribution in [0.2, 0.25) is 0 Å². The maximum atomic E-state index is 12.2. The fraction of sp³-hybridized carbons (Fsp3) is 0.629. The summed E-state index contributed by atoms with van der Waals surface area (Å²) in [6.45, 7) is 0. The summed E-state index contributed by atoms with van der Waals surface area (Å²) >= 11 is 3.76. The minimum absolute atomic E-state index is 0.00772. The molecular formula is C35H59N9O22S5. The van der Waals surface area contributed by atoms with E-state index >= 15 is 0 Å². The molecule has 0 aliphatic rings. The summed E-state index contributed by atoms with van der Waals surface area (Å²) in [5, 5.41) is 81.7. The van der Waals surface area contributed by atoms with Gasteiger partial charge in [-0.3, -0.25) is 43.2 Å². The van der Waals surface area contributed by atoms with Crippen LogP contribution >= 0.6 is 55.8 Å². The molecule has 0 bridgehead atoms. The molecule has 9 atom stereocenters. The van der Waals surface area contributed by atoms with Gasteiger partial charge in [0.05, 0.1) is 0 Å². The van der Waals surface area contributed by atoms with Gasteiger partial charge in [0.1, 0.15) is 36.3 Å². The maximum Gasteiger partial charge on any atom is 0.332 e. The van der Waals surface area contributed by atoms with Crippen LogP contribution in [0.5, 0.6) is 0 Å². The molecule has 0 saturated carbocycles. The summed E-state index contributed by atoms with van der Waals surface area (Å²) in [4.78, 5) is 145. The largest absolute Gasteiger partial charge is 0.480 e. The predicted molar refractivity (Wildman–Crippen MR) is 257 cm³/mol. The van der Waals surface area contributed by atoms with Crippen molar-refractivity contribution in [2.45, 2.75) is 104 Å². The molecule has 406 valence electrons. The highest BCUT2D eigenvalue weighted by Gasteiger charge is 2.45. The lowest BCUT2D eigenvalue weighted by Gasteiger charge is -2.25. The van der Waals surface area contributed by atoms with Crippen LogP contribution in [-0.4, -0.2) is 205 Å². The second kappa shape index (κ2) is 34.5. The van der Waals surface area contributed by atoms with Crippen LogP contribution in [-0.2, 0) is 62.3 Å². The summed E-state index contributed by atoms with van der Waals surface area (Å²) in [5.74, 6) is -17.4.